The third kappa shape index (κ3) is 5.82. The predicted octanol–water partition coefficient (Wildman–Crippen LogP) is 1.01. The van der Waals surface area contributed by atoms with Crippen molar-refractivity contribution in [3.8, 4) is 0 Å². The van der Waals surface area contributed by atoms with Gasteiger partial charge in [0.15, 0.2) is 0 Å². The number of rotatable bonds is 10. The van der Waals surface area contributed by atoms with Crippen molar-refractivity contribution in [1.82, 2.24) is 15.4 Å². The van der Waals surface area contributed by atoms with Crippen molar-refractivity contribution in [3.63, 3.8) is 0 Å². The molecule has 0 bridgehead atoms. The van der Waals surface area contributed by atoms with Gasteiger partial charge in [-0.05, 0) is 31.5 Å². The minimum absolute atomic E-state index is 0.0710. The molecule has 0 fully saturated rings. The number of hydrogen-bond acceptors (Lipinski definition) is 5. The molecule has 0 spiro atoms. The molecule has 8 heteroatoms. The van der Waals surface area contributed by atoms with E-state index in [0.717, 1.165) is 32.4 Å². The van der Waals surface area contributed by atoms with Crippen molar-refractivity contribution < 1.29 is 13.2 Å². The summed E-state index contributed by atoms with van der Waals surface area (Å²) in [6.07, 6.45) is 3.02. The molecule has 0 aliphatic carbocycles. The zero-order valence-electron chi connectivity index (χ0n) is 14.5. The number of nitrogens with one attached hydrogen (secondary N) is 3. The van der Waals surface area contributed by atoms with Gasteiger partial charge < -0.3 is 10.6 Å². The number of benzene rings is 1. The van der Waals surface area contributed by atoms with E-state index in [-0.39, 0.29) is 10.8 Å². The standard InChI is InChI=1S/C17H26N4O3S/c1-2-18-12-13-19-16(22)10-4-3-7-11-20-17-14-8-5-6-9-15(14)25(23,24)21-17/h5-6,8-9,18H,2-4,7,10-13H2,1H3,(H,19,22)(H,20,21). The number of aliphatic imine (C=N–C) groups is 1. The third-order valence-electron chi connectivity index (χ3n) is 3.87. The van der Waals surface area contributed by atoms with Crippen LogP contribution in [0.3, 0.4) is 0 Å². The van der Waals surface area contributed by atoms with E-state index < -0.39 is 10.0 Å². The van der Waals surface area contributed by atoms with Gasteiger partial charge in [0.05, 0.1) is 4.90 Å². The van der Waals surface area contributed by atoms with Gasteiger partial charge in [0.25, 0.3) is 10.0 Å². The van der Waals surface area contributed by atoms with Gasteiger partial charge in [-0.25, -0.2) is 8.42 Å². The Bertz CT molecular complexity index is 716. The van der Waals surface area contributed by atoms with Crippen LogP contribution in [0.5, 0.6) is 0 Å². The molecule has 25 heavy (non-hydrogen) atoms. The molecule has 138 valence electrons. The fourth-order valence-electron chi connectivity index (χ4n) is 2.57. The second-order valence-electron chi connectivity index (χ2n) is 5.85. The van der Waals surface area contributed by atoms with Crippen LogP contribution in [0.15, 0.2) is 34.2 Å². The molecular weight excluding hydrogens is 340 g/mol. The van der Waals surface area contributed by atoms with Crippen molar-refractivity contribution in [2.75, 3.05) is 26.2 Å². The Morgan fingerprint density at radius 1 is 1.16 bits per heavy atom. The van der Waals surface area contributed by atoms with Crippen molar-refractivity contribution in [2.45, 2.75) is 37.5 Å². The van der Waals surface area contributed by atoms with Crippen LogP contribution in [-0.4, -0.2) is 46.3 Å². The van der Waals surface area contributed by atoms with E-state index in [4.69, 9.17) is 0 Å². The highest BCUT2D eigenvalue weighted by molar-refractivity contribution is 7.90. The minimum atomic E-state index is -3.47. The predicted molar refractivity (Wildman–Crippen MR) is 98.2 cm³/mol. The molecule has 1 aliphatic heterocycles. The van der Waals surface area contributed by atoms with Crippen molar-refractivity contribution in [2.24, 2.45) is 4.99 Å². The first-order chi connectivity index (χ1) is 12.0. The topological polar surface area (TPSA) is 99.7 Å². The van der Waals surface area contributed by atoms with E-state index in [1.54, 1.807) is 24.3 Å². The van der Waals surface area contributed by atoms with E-state index in [1.165, 1.54) is 0 Å². The Kier molecular flexibility index (Phi) is 7.39. The number of hydrogen-bond donors (Lipinski definition) is 3. The number of amides is 1. The second-order valence-corrected chi connectivity index (χ2v) is 7.50. The van der Waals surface area contributed by atoms with Crippen molar-refractivity contribution in [1.29, 1.82) is 0 Å². The Morgan fingerprint density at radius 2 is 1.96 bits per heavy atom. The highest BCUT2D eigenvalue weighted by Crippen LogP contribution is 2.22. The maximum Gasteiger partial charge on any atom is 0.263 e. The van der Waals surface area contributed by atoms with Gasteiger partial charge in [-0.3, -0.25) is 14.5 Å². The van der Waals surface area contributed by atoms with Crippen LogP contribution in [0.4, 0.5) is 0 Å². The molecule has 0 atom stereocenters. The average Bonchev–Trinajstić information content (AvgIpc) is 2.86. The lowest BCUT2D eigenvalue weighted by Crippen LogP contribution is -2.31. The molecule has 0 radical (unpaired) electrons. The summed E-state index contributed by atoms with van der Waals surface area (Å²) >= 11 is 0. The van der Waals surface area contributed by atoms with Crippen molar-refractivity contribution in [3.05, 3.63) is 29.8 Å². The maximum absolute atomic E-state index is 12.0. The molecule has 1 heterocycles. The van der Waals surface area contributed by atoms with Crippen LogP contribution in [-0.2, 0) is 14.8 Å². The number of likely N-dealkylation sites (N-methyl/N-ethyl adjacent to an activating group) is 1. The van der Waals surface area contributed by atoms with E-state index in [1.807, 2.05) is 6.92 Å². The summed E-state index contributed by atoms with van der Waals surface area (Å²) in [5, 5.41) is 6.02. The molecule has 0 unspecified atom stereocenters. The molecule has 1 amide bonds. The zero-order valence-corrected chi connectivity index (χ0v) is 15.4. The fraction of sp³-hybridized carbons (Fsp3) is 0.529. The molecule has 0 aromatic heterocycles. The Hall–Kier alpha value is -1.93. The Labute approximate surface area is 149 Å². The van der Waals surface area contributed by atoms with Crippen LogP contribution in [0.1, 0.15) is 38.2 Å². The van der Waals surface area contributed by atoms with Gasteiger partial charge in [0, 0.05) is 31.6 Å². The summed E-state index contributed by atoms with van der Waals surface area (Å²) in [6, 6.07) is 6.83. The molecule has 3 N–H and O–H groups in total. The van der Waals surface area contributed by atoms with E-state index in [2.05, 4.69) is 20.3 Å². The highest BCUT2D eigenvalue weighted by Gasteiger charge is 2.29. The van der Waals surface area contributed by atoms with Crippen LogP contribution < -0.4 is 15.4 Å². The first-order valence-corrected chi connectivity index (χ1v) is 10.2. The molecule has 7 nitrogen and oxygen atoms in total. The molecular formula is C17H26N4O3S. The molecule has 1 aromatic carbocycles. The van der Waals surface area contributed by atoms with Gasteiger partial charge in [-0.15, -0.1) is 0 Å². The SMILES string of the molecule is CCNCCNC(=O)CCCCCN=C1NS(=O)(=O)c2ccccc21. The number of unbranched alkanes of at least 4 members (excludes halogenated alkanes) is 2. The number of nitrogens with zero attached hydrogens (tertiary/aromatic N) is 1. The molecule has 1 aromatic rings. The Balaban J connectivity index is 1.67. The quantitative estimate of drug-likeness (QED) is 0.538. The summed E-state index contributed by atoms with van der Waals surface area (Å²) in [5.41, 5.74) is 0.627. The fourth-order valence-corrected chi connectivity index (χ4v) is 3.82. The first kappa shape index (κ1) is 19.4. The van der Waals surface area contributed by atoms with E-state index in [0.29, 0.717) is 30.9 Å². The Morgan fingerprint density at radius 3 is 2.76 bits per heavy atom. The monoisotopic (exact) mass is 366 g/mol. The first-order valence-electron chi connectivity index (χ1n) is 8.68. The molecule has 0 saturated carbocycles. The summed E-state index contributed by atoms with van der Waals surface area (Å²) in [4.78, 5) is 16.3. The lowest BCUT2D eigenvalue weighted by molar-refractivity contribution is -0.121. The second kappa shape index (κ2) is 9.53. The molecule has 2 rings (SSSR count). The van der Waals surface area contributed by atoms with Gasteiger partial charge in [-0.1, -0.05) is 25.5 Å². The van der Waals surface area contributed by atoms with Gasteiger partial charge in [0.1, 0.15) is 5.84 Å². The average molecular weight is 366 g/mol. The number of sulfonamides is 1. The van der Waals surface area contributed by atoms with E-state index in [9.17, 15) is 13.2 Å². The normalized spacial score (nSPS) is 16.4. The van der Waals surface area contributed by atoms with Crippen molar-refractivity contribution >= 4 is 21.8 Å². The van der Waals surface area contributed by atoms with Crippen LogP contribution in [0.25, 0.3) is 0 Å². The molecule has 1 aliphatic rings. The van der Waals surface area contributed by atoms with Gasteiger partial charge in [-0.2, -0.15) is 0 Å². The third-order valence-corrected chi connectivity index (χ3v) is 5.27. The summed E-state index contributed by atoms with van der Waals surface area (Å²) in [7, 11) is -3.47. The smallest absolute Gasteiger partial charge is 0.263 e. The lowest BCUT2D eigenvalue weighted by atomic mass is 10.2. The lowest BCUT2D eigenvalue weighted by Gasteiger charge is -2.05. The number of fused-ring (bicyclic) bond motifs is 1. The minimum Gasteiger partial charge on any atom is -0.355 e. The largest absolute Gasteiger partial charge is 0.355 e. The number of amidine groups is 1. The zero-order chi connectivity index (χ0) is 18.1. The van der Waals surface area contributed by atoms with Gasteiger partial charge in [0.2, 0.25) is 5.91 Å². The molecule has 0 saturated heterocycles. The summed E-state index contributed by atoms with van der Waals surface area (Å²) in [6.45, 7) is 4.91. The highest BCUT2D eigenvalue weighted by atomic mass is 32.2. The maximum atomic E-state index is 12.0. The van der Waals surface area contributed by atoms with Crippen LogP contribution in [0.2, 0.25) is 0 Å². The number of carbonyl (C=O) groups is 1. The summed E-state index contributed by atoms with van der Waals surface area (Å²) in [5.74, 6) is 0.485. The van der Waals surface area contributed by atoms with Crippen LogP contribution >= 0.6 is 0 Å². The van der Waals surface area contributed by atoms with E-state index >= 15 is 0 Å². The summed E-state index contributed by atoms with van der Waals surface area (Å²) < 4.78 is 26.4. The van der Waals surface area contributed by atoms with Gasteiger partial charge >= 0.3 is 0 Å². The van der Waals surface area contributed by atoms with Crippen LogP contribution in [0, 0.1) is 0 Å². The number of carbonyl (C=O) groups excluding carboxylic acids is 1.